The molecule has 0 N–H and O–H groups in total. The minimum Gasteiger partial charge on any atom is -0.462 e. The van der Waals surface area contributed by atoms with Gasteiger partial charge in [0.2, 0.25) is 0 Å². The van der Waals surface area contributed by atoms with E-state index in [1.165, 1.54) is 0 Å². The summed E-state index contributed by atoms with van der Waals surface area (Å²) in [6.07, 6.45) is 2.73. The van der Waals surface area contributed by atoms with E-state index in [0.717, 1.165) is 31.4 Å². The second-order valence-corrected chi connectivity index (χ2v) is 3.47. The summed E-state index contributed by atoms with van der Waals surface area (Å²) in [5.41, 5.74) is -0.224. The summed E-state index contributed by atoms with van der Waals surface area (Å²) in [5, 5.41) is 0. The van der Waals surface area contributed by atoms with Crippen LogP contribution in [0, 0.1) is 11.6 Å². The van der Waals surface area contributed by atoms with Crippen LogP contribution in [0.1, 0.15) is 36.5 Å². The highest BCUT2D eigenvalue weighted by Gasteiger charge is 2.13. The molecule has 1 aromatic carbocycles. The number of unbranched alkanes of at least 4 members (excludes halogenated alkanes) is 2. The van der Waals surface area contributed by atoms with Crippen LogP contribution in [0.15, 0.2) is 18.2 Å². The van der Waals surface area contributed by atoms with Gasteiger partial charge >= 0.3 is 5.97 Å². The SMILES string of the molecule is CCCCCOC(=O)c1ccc(F)cc1F. The third kappa shape index (κ3) is 3.61. The number of hydrogen-bond acceptors (Lipinski definition) is 2. The molecule has 0 radical (unpaired) electrons. The first-order valence-corrected chi connectivity index (χ1v) is 5.27. The summed E-state index contributed by atoms with van der Waals surface area (Å²) >= 11 is 0. The Morgan fingerprint density at radius 3 is 2.69 bits per heavy atom. The van der Waals surface area contributed by atoms with Gasteiger partial charge in [-0.2, -0.15) is 0 Å². The summed E-state index contributed by atoms with van der Waals surface area (Å²) in [6.45, 7) is 2.30. The minimum absolute atomic E-state index is 0.224. The molecule has 0 heterocycles. The highest BCUT2D eigenvalue weighted by Crippen LogP contribution is 2.11. The van der Waals surface area contributed by atoms with E-state index in [4.69, 9.17) is 4.74 Å². The van der Waals surface area contributed by atoms with Crippen molar-refractivity contribution in [1.82, 2.24) is 0 Å². The van der Waals surface area contributed by atoms with Gasteiger partial charge < -0.3 is 4.74 Å². The maximum Gasteiger partial charge on any atom is 0.341 e. The first-order valence-electron chi connectivity index (χ1n) is 5.27. The normalized spacial score (nSPS) is 10.2. The van der Waals surface area contributed by atoms with Crippen molar-refractivity contribution in [3.05, 3.63) is 35.4 Å². The molecule has 0 spiro atoms. The molecule has 0 bridgehead atoms. The molecule has 4 heteroatoms. The smallest absolute Gasteiger partial charge is 0.341 e. The molecule has 0 amide bonds. The van der Waals surface area contributed by atoms with Crippen molar-refractivity contribution >= 4 is 5.97 Å². The lowest BCUT2D eigenvalue weighted by Crippen LogP contribution is -2.08. The number of esters is 1. The van der Waals surface area contributed by atoms with Crippen molar-refractivity contribution in [2.75, 3.05) is 6.61 Å². The van der Waals surface area contributed by atoms with E-state index in [1.807, 2.05) is 6.92 Å². The number of benzene rings is 1. The molecule has 1 aromatic rings. The highest BCUT2D eigenvalue weighted by atomic mass is 19.1. The van der Waals surface area contributed by atoms with E-state index in [-0.39, 0.29) is 12.2 Å². The topological polar surface area (TPSA) is 26.3 Å². The van der Waals surface area contributed by atoms with Gasteiger partial charge in [-0.1, -0.05) is 19.8 Å². The maximum absolute atomic E-state index is 13.1. The quantitative estimate of drug-likeness (QED) is 0.571. The second-order valence-electron chi connectivity index (χ2n) is 3.47. The standard InChI is InChI=1S/C12H14F2O2/c1-2-3-4-7-16-12(15)10-6-5-9(13)8-11(10)14/h5-6,8H,2-4,7H2,1H3. The largest absolute Gasteiger partial charge is 0.462 e. The molecular weight excluding hydrogens is 214 g/mol. The van der Waals surface area contributed by atoms with Crippen LogP contribution in [0.25, 0.3) is 0 Å². The van der Waals surface area contributed by atoms with Crippen LogP contribution in [0.5, 0.6) is 0 Å². The van der Waals surface area contributed by atoms with E-state index < -0.39 is 17.6 Å². The summed E-state index contributed by atoms with van der Waals surface area (Å²) in [5.74, 6) is -2.34. The maximum atomic E-state index is 13.1. The molecule has 1 rings (SSSR count). The van der Waals surface area contributed by atoms with Crippen molar-refractivity contribution in [2.24, 2.45) is 0 Å². The Morgan fingerprint density at radius 2 is 2.06 bits per heavy atom. The molecule has 0 saturated heterocycles. The fourth-order valence-corrected chi connectivity index (χ4v) is 1.25. The molecule has 0 aliphatic heterocycles. The van der Waals surface area contributed by atoms with Gasteiger partial charge in [0, 0.05) is 6.07 Å². The second kappa shape index (κ2) is 6.20. The number of carbonyl (C=O) groups excluding carboxylic acids is 1. The molecule has 0 atom stereocenters. The molecule has 0 aliphatic carbocycles. The number of carbonyl (C=O) groups is 1. The Morgan fingerprint density at radius 1 is 1.31 bits per heavy atom. The predicted octanol–water partition coefficient (Wildman–Crippen LogP) is 3.31. The third-order valence-corrected chi connectivity index (χ3v) is 2.13. The molecule has 0 unspecified atom stereocenters. The van der Waals surface area contributed by atoms with Gasteiger partial charge in [0.15, 0.2) is 0 Å². The van der Waals surface area contributed by atoms with Crippen LogP contribution in [0.4, 0.5) is 8.78 Å². The van der Waals surface area contributed by atoms with Gasteiger partial charge in [-0.3, -0.25) is 0 Å². The van der Waals surface area contributed by atoms with Crippen LogP contribution in [-0.4, -0.2) is 12.6 Å². The molecular formula is C12H14F2O2. The fraction of sp³-hybridized carbons (Fsp3) is 0.417. The summed E-state index contributed by atoms with van der Waals surface area (Å²) in [4.78, 5) is 11.4. The molecule has 0 saturated carbocycles. The number of rotatable bonds is 5. The average Bonchev–Trinajstić information content (AvgIpc) is 2.24. The van der Waals surface area contributed by atoms with Crippen LogP contribution in [0.3, 0.4) is 0 Å². The highest BCUT2D eigenvalue weighted by molar-refractivity contribution is 5.89. The van der Waals surface area contributed by atoms with Crippen LogP contribution in [0.2, 0.25) is 0 Å². The van der Waals surface area contributed by atoms with E-state index in [1.54, 1.807) is 0 Å². The summed E-state index contributed by atoms with van der Waals surface area (Å²) in [6, 6.07) is 2.79. The molecule has 0 aromatic heterocycles. The zero-order chi connectivity index (χ0) is 12.0. The van der Waals surface area contributed by atoms with Gasteiger partial charge in [-0.05, 0) is 18.6 Å². The van der Waals surface area contributed by atoms with Crippen molar-refractivity contribution in [3.8, 4) is 0 Å². The molecule has 0 fully saturated rings. The van der Waals surface area contributed by atoms with Crippen molar-refractivity contribution in [1.29, 1.82) is 0 Å². The lowest BCUT2D eigenvalue weighted by molar-refractivity contribution is 0.0492. The van der Waals surface area contributed by atoms with Crippen molar-refractivity contribution in [3.63, 3.8) is 0 Å². The fourth-order valence-electron chi connectivity index (χ4n) is 1.25. The Balaban J connectivity index is 2.53. The first kappa shape index (κ1) is 12.6. The Labute approximate surface area is 93.2 Å². The van der Waals surface area contributed by atoms with E-state index >= 15 is 0 Å². The van der Waals surface area contributed by atoms with Gasteiger partial charge in [-0.15, -0.1) is 0 Å². The van der Waals surface area contributed by atoms with Gasteiger partial charge in [0.25, 0.3) is 0 Å². The number of hydrogen-bond donors (Lipinski definition) is 0. The van der Waals surface area contributed by atoms with Crippen LogP contribution >= 0.6 is 0 Å². The molecule has 0 aliphatic rings. The van der Waals surface area contributed by atoms with Gasteiger partial charge in [-0.25, -0.2) is 13.6 Å². The average molecular weight is 228 g/mol. The molecule has 2 nitrogen and oxygen atoms in total. The van der Waals surface area contributed by atoms with E-state index in [9.17, 15) is 13.6 Å². The Hall–Kier alpha value is -1.45. The molecule has 16 heavy (non-hydrogen) atoms. The summed E-state index contributed by atoms with van der Waals surface area (Å²) < 4.78 is 30.6. The molecule has 88 valence electrons. The van der Waals surface area contributed by atoms with Gasteiger partial charge in [0.1, 0.15) is 11.6 Å². The number of halogens is 2. The zero-order valence-electron chi connectivity index (χ0n) is 9.13. The minimum atomic E-state index is -0.888. The third-order valence-electron chi connectivity index (χ3n) is 2.13. The summed E-state index contributed by atoms with van der Waals surface area (Å²) in [7, 11) is 0. The van der Waals surface area contributed by atoms with E-state index in [2.05, 4.69) is 0 Å². The first-order chi connectivity index (χ1) is 7.65. The van der Waals surface area contributed by atoms with E-state index in [0.29, 0.717) is 6.07 Å². The van der Waals surface area contributed by atoms with Gasteiger partial charge in [0.05, 0.1) is 12.2 Å². The lowest BCUT2D eigenvalue weighted by Gasteiger charge is -2.05. The zero-order valence-corrected chi connectivity index (χ0v) is 9.13. The predicted molar refractivity (Wildman–Crippen MR) is 56.2 cm³/mol. The van der Waals surface area contributed by atoms with Crippen molar-refractivity contribution < 1.29 is 18.3 Å². The van der Waals surface area contributed by atoms with Crippen molar-refractivity contribution in [2.45, 2.75) is 26.2 Å². The lowest BCUT2D eigenvalue weighted by atomic mass is 10.2. The van der Waals surface area contributed by atoms with Crippen LogP contribution < -0.4 is 0 Å². The Kier molecular flexibility index (Phi) is 4.89. The van der Waals surface area contributed by atoms with Crippen LogP contribution in [-0.2, 0) is 4.74 Å². The number of ether oxygens (including phenoxy) is 1. The monoisotopic (exact) mass is 228 g/mol. The Bertz CT molecular complexity index is 364.